The van der Waals surface area contributed by atoms with Gasteiger partial charge in [-0.05, 0) is 40.9 Å². The van der Waals surface area contributed by atoms with Crippen molar-refractivity contribution in [3.63, 3.8) is 0 Å². The molecule has 4 rings (SSSR count). The van der Waals surface area contributed by atoms with Crippen LogP contribution in [0.3, 0.4) is 0 Å². The van der Waals surface area contributed by atoms with E-state index in [1.165, 1.54) is 16.3 Å². The molecule has 0 saturated heterocycles. The maximum Gasteiger partial charge on any atom is 0.272 e. The van der Waals surface area contributed by atoms with Crippen LogP contribution in [0.5, 0.6) is 0 Å². The highest BCUT2D eigenvalue weighted by atomic mass is 32.2. The second-order valence-electron chi connectivity index (χ2n) is 5.02. The molecule has 22 heavy (non-hydrogen) atoms. The number of amides is 2. The lowest BCUT2D eigenvalue weighted by atomic mass is 10.1. The molecule has 3 aromatic rings. The van der Waals surface area contributed by atoms with Gasteiger partial charge in [-0.3, -0.25) is 9.59 Å². The van der Waals surface area contributed by atoms with Crippen molar-refractivity contribution in [1.82, 2.24) is 4.31 Å². The van der Waals surface area contributed by atoms with Gasteiger partial charge in [0.15, 0.2) is 0 Å². The van der Waals surface area contributed by atoms with Crippen LogP contribution in [0.1, 0.15) is 20.7 Å². The van der Waals surface area contributed by atoms with Gasteiger partial charge in [-0.15, -0.1) is 0 Å². The number of fused-ring (bicyclic) bond motifs is 2. The Bertz CT molecular complexity index is 879. The number of hydrogen-bond acceptors (Lipinski definition) is 3. The molecule has 0 aliphatic carbocycles. The Kier molecular flexibility index (Phi) is 2.98. The summed E-state index contributed by atoms with van der Waals surface area (Å²) in [6, 6.07) is 20.7. The Morgan fingerprint density at radius 1 is 0.682 bits per heavy atom. The van der Waals surface area contributed by atoms with Crippen molar-refractivity contribution in [3.05, 3.63) is 77.9 Å². The summed E-state index contributed by atoms with van der Waals surface area (Å²) < 4.78 is 1.24. The Morgan fingerprint density at radius 3 is 2.00 bits per heavy atom. The molecule has 1 heterocycles. The largest absolute Gasteiger partial charge is 0.272 e. The van der Waals surface area contributed by atoms with Crippen LogP contribution in [-0.4, -0.2) is 16.1 Å². The fourth-order valence-corrected chi connectivity index (χ4v) is 3.61. The molecule has 4 heteroatoms. The summed E-state index contributed by atoms with van der Waals surface area (Å²) in [4.78, 5) is 25.8. The molecular weight excluding hydrogens is 294 g/mol. The Hall–Kier alpha value is -2.59. The molecule has 0 fully saturated rings. The molecule has 1 aliphatic rings. The zero-order chi connectivity index (χ0) is 15.1. The Labute approximate surface area is 131 Å². The van der Waals surface area contributed by atoms with Crippen LogP contribution in [0, 0.1) is 0 Å². The second-order valence-corrected chi connectivity index (χ2v) is 6.01. The van der Waals surface area contributed by atoms with Gasteiger partial charge in [0.05, 0.1) is 11.1 Å². The van der Waals surface area contributed by atoms with Crippen LogP contribution in [0.4, 0.5) is 0 Å². The fourth-order valence-electron chi connectivity index (χ4n) is 2.62. The third-order valence-corrected chi connectivity index (χ3v) is 4.76. The highest BCUT2D eigenvalue weighted by Crippen LogP contribution is 2.35. The molecule has 2 amide bonds. The molecule has 3 nitrogen and oxygen atoms in total. The van der Waals surface area contributed by atoms with Crippen LogP contribution in [0.25, 0.3) is 10.8 Å². The van der Waals surface area contributed by atoms with E-state index in [1.54, 1.807) is 24.3 Å². The van der Waals surface area contributed by atoms with Gasteiger partial charge in [0.1, 0.15) is 0 Å². The van der Waals surface area contributed by atoms with E-state index < -0.39 is 0 Å². The molecular formula is C18H11NO2S. The quantitative estimate of drug-likeness (QED) is 0.527. The first-order valence-corrected chi connectivity index (χ1v) is 7.66. The average Bonchev–Trinajstić information content (AvgIpc) is 2.81. The highest BCUT2D eigenvalue weighted by molar-refractivity contribution is 7.98. The van der Waals surface area contributed by atoms with Gasteiger partial charge in [-0.25, -0.2) is 4.31 Å². The Morgan fingerprint density at radius 2 is 1.27 bits per heavy atom. The Balaban J connectivity index is 1.76. The number of benzene rings is 3. The van der Waals surface area contributed by atoms with Crippen LogP contribution < -0.4 is 0 Å². The van der Waals surface area contributed by atoms with Gasteiger partial charge in [-0.2, -0.15) is 0 Å². The van der Waals surface area contributed by atoms with Gasteiger partial charge < -0.3 is 0 Å². The average molecular weight is 305 g/mol. The molecule has 0 radical (unpaired) electrons. The molecule has 0 spiro atoms. The van der Waals surface area contributed by atoms with E-state index in [4.69, 9.17) is 0 Å². The van der Waals surface area contributed by atoms with Crippen LogP contribution >= 0.6 is 11.9 Å². The summed E-state index contributed by atoms with van der Waals surface area (Å²) >= 11 is 1.19. The van der Waals surface area contributed by atoms with Crippen LogP contribution in [0.15, 0.2) is 71.6 Å². The van der Waals surface area contributed by atoms with E-state index in [1.807, 2.05) is 42.5 Å². The minimum Gasteiger partial charge on any atom is -0.268 e. The van der Waals surface area contributed by atoms with Gasteiger partial charge in [-0.1, -0.05) is 48.5 Å². The van der Waals surface area contributed by atoms with Crippen LogP contribution in [-0.2, 0) is 0 Å². The van der Waals surface area contributed by atoms with Crippen molar-refractivity contribution in [2.75, 3.05) is 0 Å². The van der Waals surface area contributed by atoms with Crippen molar-refractivity contribution in [2.24, 2.45) is 0 Å². The summed E-state index contributed by atoms with van der Waals surface area (Å²) in [5, 5.41) is 2.12. The van der Waals surface area contributed by atoms with E-state index in [2.05, 4.69) is 0 Å². The minimum atomic E-state index is -0.251. The number of hydrogen-bond donors (Lipinski definition) is 0. The van der Waals surface area contributed by atoms with Gasteiger partial charge in [0, 0.05) is 4.90 Å². The van der Waals surface area contributed by atoms with Crippen molar-refractivity contribution >= 4 is 34.5 Å². The van der Waals surface area contributed by atoms with Crippen LogP contribution in [0.2, 0.25) is 0 Å². The third kappa shape index (κ3) is 1.92. The predicted molar refractivity (Wildman–Crippen MR) is 86.7 cm³/mol. The first-order chi connectivity index (χ1) is 10.8. The molecule has 0 atom stereocenters. The SMILES string of the molecule is O=C1c2ccccc2C(=O)N1Sc1cccc2ccccc12. The van der Waals surface area contributed by atoms with Gasteiger partial charge in [0.25, 0.3) is 11.8 Å². The predicted octanol–water partition coefficient (Wildman–Crippen LogP) is 4.14. The van der Waals surface area contributed by atoms with Gasteiger partial charge >= 0.3 is 0 Å². The van der Waals surface area contributed by atoms with Crippen molar-refractivity contribution in [2.45, 2.75) is 4.90 Å². The summed E-state index contributed by atoms with van der Waals surface area (Å²) in [5.74, 6) is -0.503. The number of imide groups is 1. The minimum absolute atomic E-state index is 0.251. The number of carbonyl (C=O) groups is 2. The van der Waals surface area contributed by atoms with E-state index in [9.17, 15) is 9.59 Å². The number of nitrogens with zero attached hydrogens (tertiary/aromatic N) is 1. The molecule has 0 aromatic heterocycles. The van der Waals surface area contributed by atoms with E-state index >= 15 is 0 Å². The maximum atomic E-state index is 12.4. The lowest BCUT2D eigenvalue weighted by Gasteiger charge is -2.13. The molecule has 106 valence electrons. The van der Waals surface area contributed by atoms with Crippen molar-refractivity contribution < 1.29 is 9.59 Å². The molecule has 1 aliphatic heterocycles. The molecule has 3 aromatic carbocycles. The lowest BCUT2D eigenvalue weighted by molar-refractivity contribution is 0.0777. The molecule has 0 bridgehead atoms. The zero-order valence-electron chi connectivity index (χ0n) is 11.5. The second kappa shape index (κ2) is 5.00. The zero-order valence-corrected chi connectivity index (χ0v) is 12.3. The summed E-state index contributed by atoms with van der Waals surface area (Å²) in [6.07, 6.45) is 0. The van der Waals surface area contributed by atoms with Crippen molar-refractivity contribution in [3.8, 4) is 0 Å². The summed E-state index contributed by atoms with van der Waals surface area (Å²) in [5.41, 5.74) is 0.945. The monoisotopic (exact) mass is 305 g/mol. The van der Waals surface area contributed by atoms with Crippen molar-refractivity contribution in [1.29, 1.82) is 0 Å². The summed E-state index contributed by atoms with van der Waals surface area (Å²) in [7, 11) is 0. The van der Waals surface area contributed by atoms with E-state index in [-0.39, 0.29) is 11.8 Å². The first kappa shape index (κ1) is 13.1. The molecule has 0 unspecified atom stereocenters. The standard InChI is InChI=1S/C18H11NO2S/c20-17-14-9-3-4-10-15(14)18(21)19(17)22-16-11-5-7-12-6-1-2-8-13(12)16/h1-11H. The normalized spacial score (nSPS) is 13.7. The molecule has 0 N–H and O–H groups in total. The number of carbonyl (C=O) groups excluding carboxylic acids is 2. The smallest absolute Gasteiger partial charge is 0.268 e. The van der Waals surface area contributed by atoms with Gasteiger partial charge in [0.2, 0.25) is 0 Å². The van der Waals surface area contributed by atoms with E-state index in [0.29, 0.717) is 11.1 Å². The first-order valence-electron chi connectivity index (χ1n) is 6.89. The fraction of sp³-hybridized carbons (Fsp3) is 0. The summed E-state index contributed by atoms with van der Waals surface area (Å²) in [6.45, 7) is 0. The topological polar surface area (TPSA) is 37.4 Å². The third-order valence-electron chi connectivity index (χ3n) is 3.70. The molecule has 0 saturated carbocycles. The highest BCUT2D eigenvalue weighted by Gasteiger charge is 2.36. The number of rotatable bonds is 2. The lowest BCUT2D eigenvalue weighted by Crippen LogP contribution is -2.21. The van der Waals surface area contributed by atoms with E-state index in [0.717, 1.165) is 15.7 Å². The maximum absolute atomic E-state index is 12.4.